The highest BCUT2D eigenvalue weighted by molar-refractivity contribution is 9.10. The van der Waals surface area contributed by atoms with Gasteiger partial charge in [0.25, 0.3) is 0 Å². The Morgan fingerprint density at radius 2 is 1.63 bits per heavy atom. The Morgan fingerprint density at radius 1 is 1.00 bits per heavy atom. The molecule has 0 saturated heterocycles. The first-order valence-electron chi connectivity index (χ1n) is 6.61. The lowest BCUT2D eigenvalue weighted by molar-refractivity contribution is 0.573. The third kappa shape index (κ3) is 3.92. The molecule has 1 N–H and O–H groups in total. The maximum Gasteiger partial charge on any atom is 0.0294 e. The average molecular weight is 318 g/mol. The van der Waals surface area contributed by atoms with Gasteiger partial charge in [-0.05, 0) is 43.5 Å². The Hall–Kier alpha value is -1.12. The van der Waals surface area contributed by atoms with Crippen molar-refractivity contribution < 1.29 is 0 Å². The minimum absolute atomic E-state index is 0.355. The van der Waals surface area contributed by atoms with E-state index >= 15 is 0 Å². The molecular weight excluding hydrogens is 298 g/mol. The zero-order valence-corrected chi connectivity index (χ0v) is 13.3. The van der Waals surface area contributed by atoms with Gasteiger partial charge in [0.1, 0.15) is 0 Å². The van der Waals surface area contributed by atoms with E-state index in [0.29, 0.717) is 6.04 Å². The fraction of sp³-hybridized carbons (Fsp3) is 0.294. The van der Waals surface area contributed by atoms with Gasteiger partial charge < -0.3 is 5.32 Å². The van der Waals surface area contributed by atoms with Crippen LogP contribution >= 0.6 is 15.9 Å². The Balaban J connectivity index is 2.00. The summed E-state index contributed by atoms with van der Waals surface area (Å²) in [6.45, 7) is 7.30. The van der Waals surface area contributed by atoms with Crippen LogP contribution in [0.3, 0.4) is 0 Å². The molecule has 2 rings (SSSR count). The van der Waals surface area contributed by atoms with Gasteiger partial charge in [-0.2, -0.15) is 0 Å². The standard InChI is InChI=1S/C17H20BrN/c1-12-4-7-15(8-5-12)14(3)19-11-16-9-6-13(2)10-17(16)18/h4-10,14,19H,11H2,1-3H3/t14-/m0/s1. The molecule has 0 radical (unpaired) electrons. The van der Waals surface area contributed by atoms with Crippen LogP contribution < -0.4 is 5.32 Å². The number of hydrogen-bond donors (Lipinski definition) is 1. The van der Waals surface area contributed by atoms with Crippen LogP contribution in [0.25, 0.3) is 0 Å². The van der Waals surface area contributed by atoms with Crippen molar-refractivity contribution >= 4 is 15.9 Å². The minimum Gasteiger partial charge on any atom is -0.306 e. The lowest BCUT2D eigenvalue weighted by Gasteiger charge is -2.15. The summed E-state index contributed by atoms with van der Waals surface area (Å²) in [5.41, 5.74) is 5.21. The molecule has 2 heteroatoms. The largest absolute Gasteiger partial charge is 0.306 e. The Morgan fingerprint density at radius 3 is 2.26 bits per heavy atom. The highest BCUT2D eigenvalue weighted by Crippen LogP contribution is 2.20. The van der Waals surface area contributed by atoms with Gasteiger partial charge in [0.2, 0.25) is 0 Å². The van der Waals surface area contributed by atoms with Crippen LogP contribution in [-0.4, -0.2) is 0 Å². The third-order valence-electron chi connectivity index (χ3n) is 3.38. The van der Waals surface area contributed by atoms with Crippen molar-refractivity contribution in [1.29, 1.82) is 0 Å². The molecule has 0 heterocycles. The molecule has 0 amide bonds. The van der Waals surface area contributed by atoms with E-state index in [0.717, 1.165) is 6.54 Å². The summed E-state index contributed by atoms with van der Waals surface area (Å²) in [6.07, 6.45) is 0. The summed E-state index contributed by atoms with van der Waals surface area (Å²) in [5, 5.41) is 3.56. The van der Waals surface area contributed by atoms with Crippen LogP contribution in [0.2, 0.25) is 0 Å². The van der Waals surface area contributed by atoms with E-state index in [1.165, 1.54) is 26.7 Å². The van der Waals surface area contributed by atoms with Gasteiger partial charge in [0.15, 0.2) is 0 Å². The molecule has 1 atom stereocenters. The molecule has 2 aromatic rings. The van der Waals surface area contributed by atoms with E-state index in [1.54, 1.807) is 0 Å². The van der Waals surface area contributed by atoms with Gasteiger partial charge in [0.05, 0.1) is 0 Å². The highest BCUT2D eigenvalue weighted by Gasteiger charge is 2.06. The number of rotatable bonds is 4. The van der Waals surface area contributed by atoms with Crippen molar-refractivity contribution in [3.63, 3.8) is 0 Å². The molecule has 19 heavy (non-hydrogen) atoms. The molecule has 2 aromatic carbocycles. The van der Waals surface area contributed by atoms with Crippen LogP contribution in [-0.2, 0) is 6.54 Å². The molecule has 0 aliphatic carbocycles. The molecule has 0 saturated carbocycles. The van der Waals surface area contributed by atoms with Gasteiger partial charge >= 0.3 is 0 Å². The van der Waals surface area contributed by atoms with Gasteiger partial charge in [-0.25, -0.2) is 0 Å². The van der Waals surface area contributed by atoms with Crippen LogP contribution in [0, 0.1) is 13.8 Å². The summed E-state index contributed by atoms with van der Waals surface area (Å²) in [5.74, 6) is 0. The van der Waals surface area contributed by atoms with Gasteiger partial charge in [-0.1, -0.05) is 57.9 Å². The Kier molecular flexibility index (Phi) is 4.78. The van der Waals surface area contributed by atoms with Crippen LogP contribution in [0.15, 0.2) is 46.9 Å². The molecule has 0 aromatic heterocycles. The molecule has 100 valence electrons. The number of halogens is 1. The third-order valence-corrected chi connectivity index (χ3v) is 4.12. The first kappa shape index (κ1) is 14.3. The maximum absolute atomic E-state index is 3.62. The van der Waals surface area contributed by atoms with E-state index in [-0.39, 0.29) is 0 Å². The van der Waals surface area contributed by atoms with Crippen LogP contribution in [0.4, 0.5) is 0 Å². The topological polar surface area (TPSA) is 12.0 Å². The first-order chi connectivity index (χ1) is 9.06. The predicted octanol–water partition coefficient (Wildman–Crippen LogP) is 4.92. The van der Waals surface area contributed by atoms with E-state index < -0.39 is 0 Å². The molecule has 0 unspecified atom stereocenters. The summed E-state index contributed by atoms with van der Waals surface area (Å²) in [6, 6.07) is 15.5. The lowest BCUT2D eigenvalue weighted by Crippen LogP contribution is -2.18. The quantitative estimate of drug-likeness (QED) is 0.844. The summed E-state index contributed by atoms with van der Waals surface area (Å²) in [4.78, 5) is 0. The van der Waals surface area contributed by atoms with Gasteiger partial charge in [0, 0.05) is 17.1 Å². The van der Waals surface area contributed by atoms with Crippen molar-refractivity contribution in [2.75, 3.05) is 0 Å². The average Bonchev–Trinajstić information content (AvgIpc) is 2.38. The monoisotopic (exact) mass is 317 g/mol. The van der Waals surface area contributed by atoms with Gasteiger partial charge in [-0.15, -0.1) is 0 Å². The Bertz CT molecular complexity index is 546. The molecule has 0 aliphatic heterocycles. The van der Waals surface area contributed by atoms with E-state index in [2.05, 4.69) is 84.5 Å². The molecule has 0 bridgehead atoms. The zero-order valence-electron chi connectivity index (χ0n) is 11.7. The van der Waals surface area contributed by atoms with Crippen LogP contribution in [0.1, 0.15) is 35.2 Å². The highest BCUT2D eigenvalue weighted by atomic mass is 79.9. The van der Waals surface area contributed by atoms with Crippen molar-refractivity contribution in [2.45, 2.75) is 33.4 Å². The number of benzene rings is 2. The smallest absolute Gasteiger partial charge is 0.0294 e. The second-order valence-corrected chi connectivity index (χ2v) is 5.96. The molecule has 0 fully saturated rings. The summed E-state index contributed by atoms with van der Waals surface area (Å²) >= 11 is 3.62. The fourth-order valence-electron chi connectivity index (χ4n) is 2.03. The zero-order chi connectivity index (χ0) is 13.8. The molecule has 1 nitrogen and oxygen atoms in total. The number of nitrogens with one attached hydrogen (secondary N) is 1. The second-order valence-electron chi connectivity index (χ2n) is 5.11. The number of hydrogen-bond acceptors (Lipinski definition) is 1. The normalized spacial score (nSPS) is 12.4. The van der Waals surface area contributed by atoms with E-state index in [4.69, 9.17) is 0 Å². The van der Waals surface area contributed by atoms with E-state index in [9.17, 15) is 0 Å². The lowest BCUT2D eigenvalue weighted by atomic mass is 10.1. The van der Waals surface area contributed by atoms with Crippen molar-refractivity contribution in [3.8, 4) is 0 Å². The molecular formula is C17H20BrN. The Labute approximate surface area is 124 Å². The van der Waals surface area contributed by atoms with Crippen molar-refractivity contribution in [3.05, 3.63) is 69.2 Å². The SMILES string of the molecule is Cc1ccc([C@H](C)NCc2ccc(C)cc2Br)cc1. The maximum atomic E-state index is 3.62. The fourth-order valence-corrected chi connectivity index (χ4v) is 2.67. The summed E-state index contributed by atoms with van der Waals surface area (Å²) < 4.78 is 1.18. The number of aryl methyl sites for hydroxylation is 2. The second kappa shape index (κ2) is 6.36. The van der Waals surface area contributed by atoms with Crippen LogP contribution in [0.5, 0.6) is 0 Å². The van der Waals surface area contributed by atoms with E-state index in [1.807, 2.05) is 0 Å². The first-order valence-corrected chi connectivity index (χ1v) is 7.40. The van der Waals surface area contributed by atoms with Gasteiger partial charge in [-0.3, -0.25) is 0 Å². The van der Waals surface area contributed by atoms with Crippen molar-refractivity contribution in [2.24, 2.45) is 0 Å². The minimum atomic E-state index is 0.355. The van der Waals surface area contributed by atoms with Crippen molar-refractivity contribution in [1.82, 2.24) is 5.32 Å². The molecule has 0 spiro atoms. The summed E-state index contributed by atoms with van der Waals surface area (Å²) in [7, 11) is 0. The predicted molar refractivity (Wildman–Crippen MR) is 85.3 cm³/mol. The molecule has 0 aliphatic rings.